The fourth-order valence-corrected chi connectivity index (χ4v) is 5.02. The van der Waals surface area contributed by atoms with Crippen LogP contribution < -0.4 is 15.8 Å². The van der Waals surface area contributed by atoms with Gasteiger partial charge < -0.3 is 20.4 Å². The van der Waals surface area contributed by atoms with E-state index in [9.17, 15) is 27.5 Å². The van der Waals surface area contributed by atoms with Crippen molar-refractivity contribution in [1.29, 1.82) is 0 Å². The number of aryl methyl sites for hydroxylation is 2. The summed E-state index contributed by atoms with van der Waals surface area (Å²) in [6, 6.07) is 14.1. The predicted molar refractivity (Wildman–Crippen MR) is 149 cm³/mol. The number of pyridine rings is 1. The van der Waals surface area contributed by atoms with Gasteiger partial charge in [0.25, 0.3) is 5.56 Å². The van der Waals surface area contributed by atoms with E-state index in [-0.39, 0.29) is 22.4 Å². The molecule has 0 unspecified atom stereocenters. The van der Waals surface area contributed by atoms with Crippen LogP contribution in [0.2, 0.25) is 0 Å². The van der Waals surface area contributed by atoms with Crippen LogP contribution in [0.4, 0.5) is 27.6 Å². The Bertz CT molecular complexity index is 1680. The molecule has 42 heavy (non-hydrogen) atoms. The van der Waals surface area contributed by atoms with Crippen LogP contribution in [0.25, 0.3) is 27.7 Å². The van der Waals surface area contributed by atoms with Gasteiger partial charge in [0.2, 0.25) is 0 Å². The van der Waals surface area contributed by atoms with Gasteiger partial charge in [-0.15, -0.1) is 0 Å². The number of hydrogen-bond donors (Lipinski definition) is 3. The summed E-state index contributed by atoms with van der Waals surface area (Å²) in [4.78, 5) is 24.7. The molecule has 1 aromatic heterocycles. The van der Waals surface area contributed by atoms with E-state index in [1.807, 2.05) is 32.0 Å². The monoisotopic (exact) mass is 589 g/mol. The summed E-state index contributed by atoms with van der Waals surface area (Å²) in [5.74, 6) is -4.52. The molecule has 1 fully saturated rings. The van der Waals surface area contributed by atoms with E-state index in [1.54, 1.807) is 10.6 Å². The minimum Gasteiger partial charge on any atom is -0.507 e. The minimum absolute atomic E-state index is 0.0923. The zero-order valence-corrected chi connectivity index (χ0v) is 22.7. The van der Waals surface area contributed by atoms with Crippen molar-refractivity contribution < 1.29 is 37.0 Å². The number of carbonyl (C=O) groups is 1. The number of carboxylic acids is 1. The molecular weight excluding hydrogens is 561 g/mol. The molecule has 1 aliphatic rings. The van der Waals surface area contributed by atoms with Gasteiger partial charge in [-0.1, -0.05) is 31.2 Å². The average molecular weight is 590 g/mol. The molecule has 7 nitrogen and oxygen atoms in total. The van der Waals surface area contributed by atoms with Crippen molar-refractivity contribution in [3.8, 4) is 22.6 Å². The maximum absolute atomic E-state index is 15.6. The lowest BCUT2D eigenvalue weighted by atomic mass is 9.99. The number of carboxylic acid groups (broad SMARTS) is 1. The fraction of sp³-hybridized carbons (Fsp3) is 0.267. The molecule has 3 N–H and O–H groups in total. The molecule has 0 radical (unpaired) electrons. The van der Waals surface area contributed by atoms with Gasteiger partial charge in [-0.3, -0.25) is 9.36 Å². The van der Waals surface area contributed by atoms with Gasteiger partial charge in [-0.2, -0.15) is 13.2 Å². The number of hydrogen-bond acceptors (Lipinski definition) is 5. The maximum Gasteiger partial charge on any atom is 0.490 e. The number of aliphatic carboxylic acids is 1. The van der Waals surface area contributed by atoms with Crippen LogP contribution in [-0.2, 0) is 11.2 Å². The number of rotatable bonds is 4. The summed E-state index contributed by atoms with van der Waals surface area (Å²) in [6.07, 6.45) is -4.38. The first-order valence-electron chi connectivity index (χ1n) is 13.1. The molecule has 5 rings (SSSR count). The summed E-state index contributed by atoms with van der Waals surface area (Å²) in [5.41, 5.74) is 3.18. The number of anilines is 1. The summed E-state index contributed by atoms with van der Waals surface area (Å²) >= 11 is 0. The first-order chi connectivity index (χ1) is 19.8. The highest BCUT2D eigenvalue weighted by atomic mass is 19.4. The number of nitrogens with zero attached hydrogens (tertiary/aromatic N) is 2. The van der Waals surface area contributed by atoms with Crippen LogP contribution >= 0.6 is 0 Å². The van der Waals surface area contributed by atoms with E-state index in [0.717, 1.165) is 29.9 Å². The van der Waals surface area contributed by atoms with Crippen LogP contribution in [0.15, 0.2) is 59.4 Å². The Labute approximate surface area is 237 Å². The Morgan fingerprint density at radius 2 is 1.64 bits per heavy atom. The zero-order valence-electron chi connectivity index (χ0n) is 22.7. The molecule has 0 atom stereocenters. The third-order valence-corrected chi connectivity index (χ3v) is 6.97. The lowest BCUT2D eigenvalue weighted by Gasteiger charge is -2.31. The van der Waals surface area contributed by atoms with E-state index in [4.69, 9.17) is 9.90 Å². The second-order valence-corrected chi connectivity index (χ2v) is 9.66. The lowest BCUT2D eigenvalue weighted by Crippen LogP contribution is -2.44. The standard InChI is InChI=1S/C28H27F2N3O2.C2HF3O2/c1-3-18-7-4-6-17(2)28(18)33-24-15-19(27-21(29)8-5-9-25(27)34)22(30)14-20(24)23(16-26(33)35)32-12-10-31-11-13-32;3-2(4,5)1(6)7/h4-9,14-16,31,34H,3,10-13H2,1-2H3;(H,6,7). The molecular formula is C30H28F5N3O4. The van der Waals surface area contributed by atoms with E-state index in [2.05, 4.69) is 10.2 Å². The Balaban J connectivity index is 0.000000517. The van der Waals surface area contributed by atoms with Crippen molar-refractivity contribution in [2.24, 2.45) is 0 Å². The first kappa shape index (κ1) is 30.5. The van der Waals surface area contributed by atoms with E-state index >= 15 is 4.39 Å². The van der Waals surface area contributed by atoms with E-state index < -0.39 is 23.8 Å². The summed E-state index contributed by atoms with van der Waals surface area (Å²) in [5, 5.41) is 21.4. The Hall–Kier alpha value is -4.45. The lowest BCUT2D eigenvalue weighted by molar-refractivity contribution is -0.192. The van der Waals surface area contributed by atoms with Crippen molar-refractivity contribution in [1.82, 2.24) is 9.88 Å². The smallest absolute Gasteiger partial charge is 0.490 e. The number of phenolic OH excluding ortho intramolecular Hbond substituents is 1. The SMILES string of the molecule is CCc1cccc(C)c1-n1c(=O)cc(N2CCNCC2)c2cc(F)c(-c3c(O)cccc3F)cc21.O=C(O)C(F)(F)F. The van der Waals surface area contributed by atoms with Crippen molar-refractivity contribution >= 4 is 22.6 Å². The third kappa shape index (κ3) is 6.08. The number of para-hydroxylation sites is 1. The van der Waals surface area contributed by atoms with Gasteiger partial charge in [-0.25, -0.2) is 13.6 Å². The number of halogens is 5. The maximum atomic E-state index is 15.6. The van der Waals surface area contributed by atoms with Gasteiger partial charge >= 0.3 is 12.1 Å². The number of piperazine rings is 1. The number of fused-ring (bicyclic) bond motifs is 1. The van der Waals surface area contributed by atoms with Gasteiger partial charge in [0, 0.05) is 43.2 Å². The molecule has 1 saturated heterocycles. The third-order valence-electron chi connectivity index (χ3n) is 6.97. The first-order valence-corrected chi connectivity index (χ1v) is 13.1. The van der Waals surface area contributed by atoms with Gasteiger partial charge in [0.1, 0.15) is 17.4 Å². The summed E-state index contributed by atoms with van der Waals surface area (Å²) < 4.78 is 63.7. The van der Waals surface area contributed by atoms with Crippen molar-refractivity contribution in [2.75, 3.05) is 31.1 Å². The number of nitrogens with one attached hydrogen (secondary N) is 1. The van der Waals surface area contributed by atoms with Gasteiger partial charge in [0.15, 0.2) is 0 Å². The molecule has 0 aliphatic carbocycles. The highest BCUT2D eigenvalue weighted by Crippen LogP contribution is 2.38. The van der Waals surface area contributed by atoms with Crippen LogP contribution in [-0.4, -0.2) is 53.1 Å². The molecule has 222 valence electrons. The zero-order chi connectivity index (χ0) is 30.8. The molecule has 1 aliphatic heterocycles. The molecule has 3 aromatic carbocycles. The Kier molecular flexibility index (Phi) is 8.86. The number of aromatic nitrogens is 1. The van der Waals surface area contributed by atoms with Gasteiger partial charge in [-0.05, 0) is 48.7 Å². The quantitative estimate of drug-likeness (QED) is 0.270. The molecule has 12 heteroatoms. The van der Waals surface area contributed by atoms with E-state index in [0.29, 0.717) is 36.1 Å². The Morgan fingerprint density at radius 1 is 1.00 bits per heavy atom. The number of alkyl halides is 3. The highest BCUT2D eigenvalue weighted by molar-refractivity contribution is 5.96. The summed E-state index contributed by atoms with van der Waals surface area (Å²) in [6.45, 7) is 6.83. The van der Waals surface area contributed by atoms with E-state index in [1.165, 1.54) is 30.3 Å². The molecule has 2 heterocycles. The molecule has 0 saturated carbocycles. The number of aromatic hydroxyl groups is 1. The van der Waals surface area contributed by atoms with Crippen LogP contribution in [0, 0.1) is 18.6 Å². The second-order valence-electron chi connectivity index (χ2n) is 9.66. The van der Waals surface area contributed by atoms with Crippen LogP contribution in [0.3, 0.4) is 0 Å². The highest BCUT2D eigenvalue weighted by Gasteiger charge is 2.38. The van der Waals surface area contributed by atoms with Crippen molar-refractivity contribution in [2.45, 2.75) is 26.4 Å². The molecule has 4 aromatic rings. The topological polar surface area (TPSA) is 94.8 Å². The molecule has 0 amide bonds. The summed E-state index contributed by atoms with van der Waals surface area (Å²) in [7, 11) is 0. The second kappa shape index (κ2) is 12.2. The average Bonchev–Trinajstić information content (AvgIpc) is 2.94. The van der Waals surface area contributed by atoms with Crippen LogP contribution in [0.5, 0.6) is 5.75 Å². The predicted octanol–water partition coefficient (Wildman–Crippen LogP) is 5.56. The van der Waals surface area contributed by atoms with Crippen molar-refractivity contribution in [3.05, 3.63) is 87.7 Å². The van der Waals surface area contributed by atoms with Crippen molar-refractivity contribution in [3.63, 3.8) is 0 Å². The van der Waals surface area contributed by atoms with Gasteiger partial charge in [0.05, 0.1) is 22.5 Å². The largest absolute Gasteiger partial charge is 0.507 e. The minimum atomic E-state index is -5.08. The molecule has 0 bridgehead atoms. The normalized spacial score (nSPS) is 13.5. The Morgan fingerprint density at radius 3 is 2.24 bits per heavy atom. The number of phenols is 1. The number of benzene rings is 3. The van der Waals surface area contributed by atoms with Crippen LogP contribution in [0.1, 0.15) is 18.1 Å². The molecule has 0 spiro atoms. The fourth-order valence-electron chi connectivity index (χ4n) is 5.02.